The summed E-state index contributed by atoms with van der Waals surface area (Å²) in [6, 6.07) is 26.1. The molecule has 20 heteroatoms. The molecular formula is C61H71F2N9O8S. The maximum Gasteiger partial charge on any atom is 0.293 e. The fraction of sp³-hybridized carbons (Fsp3) is 0.475. The fourth-order valence-corrected chi connectivity index (χ4v) is 14.8. The van der Waals surface area contributed by atoms with E-state index in [1.807, 2.05) is 31.2 Å². The zero-order chi connectivity index (χ0) is 56.4. The Labute approximate surface area is 471 Å². The lowest BCUT2D eigenvalue weighted by Crippen LogP contribution is -2.60. The Morgan fingerprint density at radius 3 is 2.48 bits per heavy atom. The second-order valence-corrected chi connectivity index (χ2v) is 25.8. The smallest absolute Gasteiger partial charge is 0.293 e. The minimum Gasteiger partial charge on any atom is -0.468 e. The third-order valence-corrected chi connectivity index (χ3v) is 19.8. The topological polar surface area (TPSA) is 199 Å². The van der Waals surface area contributed by atoms with E-state index in [0.717, 1.165) is 94.0 Å². The average molecular weight is 1130 g/mol. The molecule has 2 saturated carbocycles. The Kier molecular flexibility index (Phi) is 14.8. The third kappa shape index (κ3) is 11.1. The van der Waals surface area contributed by atoms with E-state index in [1.54, 1.807) is 18.3 Å². The molecule has 4 aromatic carbocycles. The lowest BCUT2D eigenvalue weighted by Gasteiger charge is -2.58. The van der Waals surface area contributed by atoms with E-state index in [9.17, 15) is 37.2 Å². The number of nitrogens with one attached hydrogen (secondary N) is 3. The first kappa shape index (κ1) is 54.9. The second-order valence-electron chi connectivity index (χ2n) is 24.1. The Bertz CT molecular complexity index is 3460. The standard InChI is InChI=1S/C61H71F2N9O8S/c1-38(2)45-6-4-5-7-46(45)55-36-68(35-40-8-12-48(62)49(63)28-40)25-26-70(55)43-32-61(33-43)20-23-69(24-21-61)42-9-11-47(52(30-42)71-51-17-27-79-37-56(51)80-59-54(71)29-41-16-22-64-57(41)66-59)58(73)67-81(77,78)44-10-13-50(53(31-44)72(75)76)65-34-39-14-18-60(3,74)19-15-39/h4-13,16,22,28-31,38-39,43,51,55-56,65,74H,14-15,17-21,23-27,32-37H2,1-3H3,(H,64,66)(H,67,73)/t39?,51-,55-,56-,60?/m0/s1. The van der Waals surface area contributed by atoms with Crippen molar-refractivity contribution in [1.29, 1.82) is 0 Å². The number of ether oxygens (including phenoxy) is 2. The Balaban J connectivity index is 0.800. The SMILES string of the molecule is CC(C)c1ccccc1[C@@H]1CN(Cc2ccc(F)c(F)c2)CCN1C1CC2(CCN(c3ccc(C(=O)NS(=O)(=O)c4ccc(NCC5CCC(C)(O)CC5)c([N+](=O)[O-])c4)c(N4c5cc6cc[nH]c6nc5O[C@H]5COCC[C@@H]54)c3)CC2)C1. The summed E-state index contributed by atoms with van der Waals surface area (Å²) in [7, 11) is -4.66. The summed E-state index contributed by atoms with van der Waals surface area (Å²) < 4.78 is 71.5. The van der Waals surface area contributed by atoms with Crippen LogP contribution < -0.4 is 24.6 Å². The molecule has 3 saturated heterocycles. The molecule has 6 aliphatic rings. The third-order valence-electron chi connectivity index (χ3n) is 18.4. The van der Waals surface area contributed by atoms with Crippen LogP contribution in [0.15, 0.2) is 102 Å². The molecule has 4 aliphatic heterocycles. The minimum absolute atomic E-state index is 0.0858. The van der Waals surface area contributed by atoms with E-state index in [1.165, 1.54) is 35.4 Å². The van der Waals surface area contributed by atoms with Gasteiger partial charge < -0.3 is 34.7 Å². The lowest BCUT2D eigenvalue weighted by molar-refractivity contribution is -0.384. The van der Waals surface area contributed by atoms with E-state index in [0.29, 0.717) is 73.8 Å². The number of anilines is 4. The van der Waals surface area contributed by atoms with Crippen LogP contribution >= 0.6 is 0 Å². The summed E-state index contributed by atoms with van der Waals surface area (Å²) in [5, 5.41) is 26.8. The number of sulfonamides is 1. The summed E-state index contributed by atoms with van der Waals surface area (Å²) in [6.07, 6.45) is 8.67. The number of aromatic nitrogens is 2. The van der Waals surface area contributed by atoms with Crippen LogP contribution in [0.25, 0.3) is 11.0 Å². The van der Waals surface area contributed by atoms with Gasteiger partial charge in [-0.15, -0.1) is 0 Å². The molecule has 6 aromatic rings. The molecule has 0 bridgehead atoms. The number of amides is 1. The number of pyridine rings is 1. The van der Waals surface area contributed by atoms with Gasteiger partial charge in [-0.1, -0.05) is 44.2 Å². The highest BCUT2D eigenvalue weighted by atomic mass is 32.2. The van der Waals surface area contributed by atoms with Crippen LogP contribution in [0.4, 0.5) is 37.2 Å². The molecule has 3 atom stereocenters. The number of piperazine rings is 1. The number of fused-ring (bicyclic) bond motifs is 3. The van der Waals surface area contributed by atoms with Crippen molar-refractivity contribution in [3.63, 3.8) is 0 Å². The monoisotopic (exact) mass is 1130 g/mol. The second kappa shape index (κ2) is 21.9. The highest BCUT2D eigenvalue weighted by molar-refractivity contribution is 7.90. The number of aromatic amines is 1. The fourth-order valence-electron chi connectivity index (χ4n) is 13.8. The number of nitro groups is 1. The van der Waals surface area contributed by atoms with Gasteiger partial charge in [0.05, 0.1) is 39.3 Å². The van der Waals surface area contributed by atoms with E-state index in [4.69, 9.17) is 14.5 Å². The first-order chi connectivity index (χ1) is 38.9. The summed E-state index contributed by atoms with van der Waals surface area (Å²) in [5.74, 6) is -1.72. The molecule has 1 spiro atoms. The van der Waals surface area contributed by atoms with Gasteiger partial charge in [-0.25, -0.2) is 21.9 Å². The highest BCUT2D eigenvalue weighted by Gasteiger charge is 2.50. The van der Waals surface area contributed by atoms with Gasteiger partial charge in [-0.2, -0.15) is 4.98 Å². The van der Waals surface area contributed by atoms with Crippen molar-refractivity contribution in [2.24, 2.45) is 11.3 Å². The number of aliphatic hydroxyl groups is 1. The highest BCUT2D eigenvalue weighted by Crippen LogP contribution is 2.54. The van der Waals surface area contributed by atoms with Crippen LogP contribution in [0.5, 0.6) is 5.88 Å². The van der Waals surface area contributed by atoms with Crippen molar-refractivity contribution in [2.45, 2.75) is 126 Å². The number of halogens is 2. The van der Waals surface area contributed by atoms with E-state index in [-0.39, 0.29) is 41.3 Å². The largest absolute Gasteiger partial charge is 0.468 e. The van der Waals surface area contributed by atoms with Crippen LogP contribution in [0.3, 0.4) is 0 Å². The maximum absolute atomic E-state index is 14.8. The molecule has 1 amide bonds. The van der Waals surface area contributed by atoms with Gasteiger partial charge in [0.1, 0.15) is 23.1 Å². The van der Waals surface area contributed by atoms with Crippen LogP contribution in [0.1, 0.15) is 118 Å². The normalized spacial score (nSPS) is 24.3. The van der Waals surface area contributed by atoms with Gasteiger partial charge in [0.15, 0.2) is 11.6 Å². The Morgan fingerprint density at radius 2 is 1.72 bits per heavy atom. The molecule has 0 radical (unpaired) electrons. The average Bonchev–Trinajstić information content (AvgIpc) is 3.93. The molecule has 2 aliphatic carbocycles. The molecule has 4 N–H and O–H groups in total. The van der Waals surface area contributed by atoms with Crippen LogP contribution in [-0.4, -0.2) is 120 Å². The van der Waals surface area contributed by atoms with Crippen molar-refractivity contribution >= 4 is 55.4 Å². The molecule has 6 heterocycles. The van der Waals surface area contributed by atoms with Gasteiger partial charge in [0.2, 0.25) is 5.88 Å². The number of H-pyrrole nitrogens is 1. The zero-order valence-electron chi connectivity index (χ0n) is 46.1. The number of rotatable bonds is 14. The molecular weight excluding hydrogens is 1060 g/mol. The molecule has 17 nitrogen and oxygen atoms in total. The summed E-state index contributed by atoms with van der Waals surface area (Å²) in [6.45, 7) is 11.9. The lowest BCUT2D eigenvalue weighted by atomic mass is 9.59. The number of nitrogens with zero attached hydrogens (tertiary/aromatic N) is 6. The number of benzene rings is 4. The predicted molar refractivity (Wildman–Crippen MR) is 306 cm³/mol. The number of hydrogen-bond acceptors (Lipinski definition) is 14. The number of piperidine rings is 1. The molecule has 5 fully saturated rings. The zero-order valence-corrected chi connectivity index (χ0v) is 46.9. The first-order valence-electron chi connectivity index (χ1n) is 28.6. The van der Waals surface area contributed by atoms with Crippen LogP contribution in [0.2, 0.25) is 0 Å². The first-order valence-corrected chi connectivity index (χ1v) is 30.1. The van der Waals surface area contributed by atoms with Crippen LogP contribution in [0, 0.1) is 33.1 Å². The Hall–Kier alpha value is -6.71. The molecule has 0 unspecified atom stereocenters. The quantitative estimate of drug-likeness (QED) is 0.0593. The summed E-state index contributed by atoms with van der Waals surface area (Å²) in [4.78, 5) is 43.7. The van der Waals surface area contributed by atoms with Crippen molar-refractivity contribution < 1.29 is 41.5 Å². The number of hydrogen-bond donors (Lipinski definition) is 4. The van der Waals surface area contributed by atoms with E-state index < -0.39 is 54.8 Å². The van der Waals surface area contributed by atoms with Crippen molar-refractivity contribution in [3.05, 3.63) is 141 Å². The molecule has 12 rings (SSSR count). The van der Waals surface area contributed by atoms with Crippen molar-refractivity contribution in [2.75, 3.05) is 67.6 Å². The van der Waals surface area contributed by atoms with Gasteiger partial charge >= 0.3 is 0 Å². The van der Waals surface area contributed by atoms with Gasteiger partial charge in [-0.3, -0.25) is 24.7 Å². The molecule has 428 valence electrons. The van der Waals surface area contributed by atoms with Crippen LogP contribution in [-0.2, 0) is 21.3 Å². The molecule has 2 aromatic heterocycles. The molecule has 81 heavy (non-hydrogen) atoms. The van der Waals surface area contributed by atoms with Gasteiger partial charge in [0, 0.05) is 87.8 Å². The van der Waals surface area contributed by atoms with Gasteiger partial charge in [-0.05, 0) is 153 Å². The Morgan fingerprint density at radius 1 is 0.926 bits per heavy atom. The van der Waals surface area contributed by atoms with E-state index in [2.05, 4.69) is 72.7 Å². The number of carbonyl (C=O) groups excluding carboxylic acids is 1. The summed E-state index contributed by atoms with van der Waals surface area (Å²) >= 11 is 0. The summed E-state index contributed by atoms with van der Waals surface area (Å²) in [5.41, 5.74) is 5.22. The number of nitro benzene ring substituents is 1. The van der Waals surface area contributed by atoms with Crippen molar-refractivity contribution in [1.82, 2.24) is 24.5 Å². The predicted octanol–water partition coefficient (Wildman–Crippen LogP) is 10.3. The maximum atomic E-state index is 14.8. The van der Waals surface area contributed by atoms with Gasteiger partial charge in [0.25, 0.3) is 21.6 Å². The minimum atomic E-state index is -4.66. The van der Waals surface area contributed by atoms with E-state index >= 15 is 0 Å². The van der Waals surface area contributed by atoms with Crippen molar-refractivity contribution in [3.8, 4) is 5.88 Å². The number of carbonyl (C=O) groups is 1.